The normalized spacial score (nSPS) is 11.5. The Morgan fingerprint density at radius 2 is 1.97 bits per heavy atom. The SMILES string of the molecule is CCN(CC)c1cc(SOO[O-])c(N=Nc2nc3ccc(C)cc3s2)cc1OC. The Bertz CT molecular complexity index is 1010. The van der Waals surface area contributed by atoms with Crippen LogP contribution in [0.3, 0.4) is 0 Å². The highest BCUT2D eigenvalue weighted by Gasteiger charge is 2.16. The summed E-state index contributed by atoms with van der Waals surface area (Å²) in [6.07, 6.45) is 0. The van der Waals surface area contributed by atoms with Gasteiger partial charge in [-0.15, -0.1) is 10.2 Å². The lowest BCUT2D eigenvalue weighted by atomic mass is 10.2. The number of fused-ring (bicyclic) bond motifs is 1. The monoisotopic (exact) mass is 433 g/mol. The molecule has 1 aromatic heterocycles. The predicted octanol–water partition coefficient (Wildman–Crippen LogP) is 5.11. The van der Waals surface area contributed by atoms with Crippen molar-refractivity contribution < 1.29 is 19.4 Å². The fraction of sp³-hybridized carbons (Fsp3) is 0.316. The Balaban J connectivity index is 1.99. The number of azo groups is 1. The molecule has 8 nitrogen and oxygen atoms in total. The Hall–Kier alpha value is -2.24. The van der Waals surface area contributed by atoms with Crippen LogP contribution in [0.5, 0.6) is 5.75 Å². The van der Waals surface area contributed by atoms with Gasteiger partial charge in [-0.25, -0.2) is 4.98 Å². The van der Waals surface area contributed by atoms with Crippen molar-refractivity contribution in [1.29, 1.82) is 0 Å². The summed E-state index contributed by atoms with van der Waals surface area (Å²) in [5.41, 5.74) is 3.38. The van der Waals surface area contributed by atoms with E-state index in [4.69, 9.17) is 4.74 Å². The maximum atomic E-state index is 10.3. The number of thiazole rings is 1. The third-order valence-electron chi connectivity index (χ3n) is 4.29. The zero-order valence-electron chi connectivity index (χ0n) is 16.5. The van der Waals surface area contributed by atoms with Crippen molar-refractivity contribution in [1.82, 2.24) is 4.98 Å². The van der Waals surface area contributed by atoms with Gasteiger partial charge in [0.15, 0.2) is 0 Å². The second-order valence-corrected chi connectivity index (χ2v) is 7.80. The molecule has 0 aliphatic carbocycles. The zero-order valence-corrected chi connectivity index (χ0v) is 18.2. The first-order valence-electron chi connectivity index (χ1n) is 8.98. The van der Waals surface area contributed by atoms with Gasteiger partial charge in [-0.2, -0.15) is 4.33 Å². The highest BCUT2D eigenvalue weighted by molar-refractivity contribution is 7.94. The van der Waals surface area contributed by atoms with E-state index < -0.39 is 0 Å². The van der Waals surface area contributed by atoms with Crippen molar-refractivity contribution in [2.45, 2.75) is 25.7 Å². The maximum Gasteiger partial charge on any atom is 0.231 e. The van der Waals surface area contributed by atoms with Crippen LogP contribution in [0.4, 0.5) is 16.5 Å². The summed E-state index contributed by atoms with van der Waals surface area (Å²) >= 11 is 2.23. The minimum Gasteiger partial charge on any atom is -0.691 e. The molecule has 0 aliphatic heterocycles. The fourth-order valence-electron chi connectivity index (χ4n) is 2.87. The van der Waals surface area contributed by atoms with Crippen molar-refractivity contribution in [3.05, 3.63) is 35.9 Å². The minimum atomic E-state index is 0.482. The molecule has 0 saturated heterocycles. The number of hydrogen-bond acceptors (Lipinski definition) is 10. The predicted molar refractivity (Wildman–Crippen MR) is 113 cm³/mol. The van der Waals surface area contributed by atoms with Crippen LogP contribution in [0.2, 0.25) is 0 Å². The first-order valence-corrected chi connectivity index (χ1v) is 10.5. The van der Waals surface area contributed by atoms with E-state index in [1.807, 2.05) is 25.1 Å². The number of benzene rings is 2. The van der Waals surface area contributed by atoms with Gasteiger partial charge in [0.05, 0.1) is 40.0 Å². The second kappa shape index (κ2) is 9.99. The number of aryl methyl sites for hydroxylation is 1. The van der Waals surface area contributed by atoms with Crippen LogP contribution < -0.4 is 14.9 Å². The molecule has 0 saturated carbocycles. The van der Waals surface area contributed by atoms with Crippen molar-refractivity contribution in [2.24, 2.45) is 10.2 Å². The van der Waals surface area contributed by atoms with E-state index in [0.29, 0.717) is 21.5 Å². The average Bonchev–Trinajstić information content (AvgIpc) is 3.14. The average molecular weight is 434 g/mol. The van der Waals surface area contributed by atoms with Crippen LogP contribution in [0, 0.1) is 6.92 Å². The first-order chi connectivity index (χ1) is 14.1. The molecule has 0 N–H and O–H groups in total. The highest BCUT2D eigenvalue weighted by atomic mass is 32.2. The standard InChI is InChI=1S/C19H22N4O4S2/c1-5-23(6-2)15-11-18(29-27-26-24)14(10-16(15)25-4)21-22-19-20-13-8-7-12(3)9-17(13)28-19/h7-11,24H,5-6H2,1-4H3/p-1. The van der Waals surface area contributed by atoms with E-state index in [9.17, 15) is 5.26 Å². The Labute approximate surface area is 177 Å². The number of rotatable bonds is 9. The van der Waals surface area contributed by atoms with Crippen LogP contribution in [0.25, 0.3) is 10.2 Å². The lowest BCUT2D eigenvalue weighted by Crippen LogP contribution is -2.22. The van der Waals surface area contributed by atoms with Gasteiger partial charge in [0, 0.05) is 19.2 Å². The molecule has 3 rings (SSSR count). The summed E-state index contributed by atoms with van der Waals surface area (Å²) in [4.78, 5) is 7.18. The smallest absolute Gasteiger partial charge is 0.231 e. The molecule has 0 radical (unpaired) electrons. The first kappa shape index (κ1) is 21.5. The van der Waals surface area contributed by atoms with Gasteiger partial charge >= 0.3 is 0 Å². The number of nitrogens with zero attached hydrogens (tertiary/aromatic N) is 4. The quantitative estimate of drug-likeness (QED) is 0.200. The molecule has 1 heterocycles. The Morgan fingerprint density at radius 1 is 1.17 bits per heavy atom. The molecule has 3 aromatic rings. The molecular weight excluding hydrogens is 412 g/mol. The third-order valence-corrected chi connectivity index (χ3v) is 5.82. The van der Waals surface area contributed by atoms with E-state index in [2.05, 4.69) is 49.4 Å². The summed E-state index contributed by atoms with van der Waals surface area (Å²) < 4.78 is 11.1. The summed E-state index contributed by atoms with van der Waals surface area (Å²) in [6, 6.07) is 9.63. The van der Waals surface area contributed by atoms with Gasteiger partial charge in [0.2, 0.25) is 5.13 Å². The number of aromatic nitrogens is 1. The molecule has 0 amide bonds. The van der Waals surface area contributed by atoms with E-state index in [1.54, 1.807) is 13.2 Å². The van der Waals surface area contributed by atoms with E-state index in [-0.39, 0.29) is 0 Å². The second-order valence-electron chi connectivity index (χ2n) is 6.05. The van der Waals surface area contributed by atoms with Crippen LogP contribution in [-0.2, 0) is 9.37 Å². The molecule has 29 heavy (non-hydrogen) atoms. The third kappa shape index (κ3) is 5.03. The summed E-state index contributed by atoms with van der Waals surface area (Å²) in [5.74, 6) is 0.648. The van der Waals surface area contributed by atoms with Gasteiger partial charge < -0.3 is 14.9 Å². The van der Waals surface area contributed by atoms with Gasteiger partial charge in [-0.3, -0.25) is 5.04 Å². The molecule has 0 spiro atoms. The summed E-state index contributed by atoms with van der Waals surface area (Å²) in [5, 5.41) is 23.0. The van der Waals surface area contributed by atoms with Crippen molar-refractivity contribution in [3.63, 3.8) is 0 Å². The molecule has 0 bridgehead atoms. The van der Waals surface area contributed by atoms with Gasteiger partial charge in [0.1, 0.15) is 11.4 Å². The molecular formula is C19H21N4O4S2-. The van der Waals surface area contributed by atoms with Gasteiger partial charge in [-0.1, -0.05) is 17.4 Å². The number of anilines is 1. The fourth-order valence-corrected chi connectivity index (χ4v) is 4.20. The maximum absolute atomic E-state index is 10.3. The number of hydrogen-bond donors (Lipinski definition) is 0. The minimum absolute atomic E-state index is 0.482. The zero-order chi connectivity index (χ0) is 20.8. The molecule has 2 aromatic carbocycles. The van der Waals surface area contributed by atoms with Crippen molar-refractivity contribution >= 4 is 50.1 Å². The summed E-state index contributed by atoms with van der Waals surface area (Å²) in [6.45, 7) is 7.72. The van der Waals surface area contributed by atoms with Crippen LogP contribution in [-0.4, -0.2) is 25.2 Å². The molecule has 0 fully saturated rings. The van der Waals surface area contributed by atoms with E-state index >= 15 is 0 Å². The summed E-state index contributed by atoms with van der Waals surface area (Å²) in [7, 11) is 1.60. The largest absolute Gasteiger partial charge is 0.691 e. The molecule has 0 unspecified atom stereocenters. The molecule has 154 valence electrons. The molecule has 10 heteroatoms. The van der Waals surface area contributed by atoms with Crippen LogP contribution in [0.1, 0.15) is 19.4 Å². The highest BCUT2D eigenvalue weighted by Crippen LogP contribution is 2.41. The van der Waals surface area contributed by atoms with Gasteiger partial charge in [-0.05, 0) is 44.5 Å². The van der Waals surface area contributed by atoms with Gasteiger partial charge in [0.25, 0.3) is 0 Å². The lowest BCUT2D eigenvalue weighted by molar-refractivity contribution is -0.777. The van der Waals surface area contributed by atoms with Crippen LogP contribution in [0.15, 0.2) is 45.5 Å². The Kier molecular flexibility index (Phi) is 7.40. The number of methoxy groups -OCH3 is 1. The molecule has 0 aliphatic rings. The Morgan fingerprint density at radius 3 is 2.66 bits per heavy atom. The number of ether oxygens (including phenoxy) is 1. The topological polar surface area (TPSA) is 91.6 Å². The van der Waals surface area contributed by atoms with Crippen molar-refractivity contribution in [2.75, 3.05) is 25.1 Å². The van der Waals surface area contributed by atoms with Crippen LogP contribution >= 0.6 is 23.4 Å². The molecule has 0 atom stereocenters. The van der Waals surface area contributed by atoms with E-state index in [1.165, 1.54) is 11.3 Å². The van der Waals surface area contributed by atoms with E-state index in [0.717, 1.165) is 46.6 Å². The lowest BCUT2D eigenvalue weighted by Gasteiger charge is -2.24. The van der Waals surface area contributed by atoms with Crippen molar-refractivity contribution in [3.8, 4) is 5.75 Å².